The first-order chi connectivity index (χ1) is 16.3. The zero-order chi connectivity index (χ0) is 24.4. The quantitative estimate of drug-likeness (QED) is 0.689. The molecule has 182 valence electrons. The molecule has 2 aromatic rings. The molecule has 1 atom stereocenters. The van der Waals surface area contributed by atoms with Gasteiger partial charge in [-0.3, -0.25) is 9.59 Å². The van der Waals surface area contributed by atoms with Gasteiger partial charge < -0.3 is 30.1 Å². The number of likely N-dealkylation sites (tertiary alicyclic amines) is 1. The summed E-state index contributed by atoms with van der Waals surface area (Å²) in [6, 6.07) is 5.46. The Morgan fingerprint density at radius 1 is 1.18 bits per heavy atom. The van der Waals surface area contributed by atoms with Crippen molar-refractivity contribution < 1.29 is 14.3 Å². The molecule has 0 saturated carbocycles. The third-order valence-corrected chi connectivity index (χ3v) is 6.54. The molecule has 10 heteroatoms. The number of carbonyl (C=O) groups is 2. The standard InChI is InChI=1S/C24H33N7O3/c1-15-14-30(3)21-19(31(4)23(15)33)13-25-24(28-21)27-18-7-6-16(12-20(18)34-5)22(32)26-17-8-10-29(2)11-9-17/h6-7,12-13,15,17H,8-11,14H2,1-5H3,(H,26,32)(H,25,27,28). The fourth-order valence-electron chi connectivity index (χ4n) is 4.45. The Morgan fingerprint density at radius 3 is 2.62 bits per heavy atom. The summed E-state index contributed by atoms with van der Waals surface area (Å²) in [7, 11) is 7.31. The van der Waals surface area contributed by atoms with Gasteiger partial charge in [-0.25, -0.2) is 4.98 Å². The van der Waals surface area contributed by atoms with Crippen molar-refractivity contribution >= 4 is 35.0 Å². The second kappa shape index (κ2) is 9.84. The number of amides is 2. The lowest BCUT2D eigenvalue weighted by atomic mass is 10.0. The molecule has 4 rings (SSSR count). The van der Waals surface area contributed by atoms with Crippen molar-refractivity contribution in [3.8, 4) is 5.75 Å². The molecule has 1 unspecified atom stereocenters. The van der Waals surface area contributed by atoms with E-state index in [0.717, 1.165) is 25.9 Å². The Kier molecular flexibility index (Phi) is 6.87. The molecular formula is C24H33N7O3. The predicted molar refractivity (Wildman–Crippen MR) is 132 cm³/mol. The molecule has 3 heterocycles. The smallest absolute Gasteiger partial charge is 0.251 e. The molecule has 0 radical (unpaired) electrons. The van der Waals surface area contributed by atoms with Crippen LogP contribution in [0.25, 0.3) is 0 Å². The maximum absolute atomic E-state index is 12.8. The molecule has 2 amide bonds. The van der Waals surface area contributed by atoms with E-state index >= 15 is 0 Å². The number of nitrogens with zero attached hydrogens (tertiary/aromatic N) is 5. The highest BCUT2D eigenvalue weighted by Gasteiger charge is 2.29. The van der Waals surface area contributed by atoms with E-state index in [1.165, 1.54) is 0 Å². The highest BCUT2D eigenvalue weighted by atomic mass is 16.5. The first kappa shape index (κ1) is 23.7. The molecule has 10 nitrogen and oxygen atoms in total. The van der Waals surface area contributed by atoms with Crippen molar-refractivity contribution in [2.45, 2.75) is 25.8 Å². The average molecular weight is 468 g/mol. The molecule has 1 saturated heterocycles. The summed E-state index contributed by atoms with van der Waals surface area (Å²) in [4.78, 5) is 40.2. The van der Waals surface area contributed by atoms with Crippen LogP contribution in [0.1, 0.15) is 30.1 Å². The summed E-state index contributed by atoms with van der Waals surface area (Å²) in [6.07, 6.45) is 3.54. The summed E-state index contributed by atoms with van der Waals surface area (Å²) in [5.74, 6) is 1.35. The Balaban J connectivity index is 1.51. The molecule has 34 heavy (non-hydrogen) atoms. The van der Waals surface area contributed by atoms with Crippen LogP contribution < -0.4 is 25.2 Å². The van der Waals surface area contributed by atoms with Crippen LogP contribution in [0.4, 0.5) is 23.1 Å². The Hall–Kier alpha value is -3.40. The lowest BCUT2D eigenvalue weighted by molar-refractivity contribution is -0.121. The minimum absolute atomic E-state index is 0.0330. The van der Waals surface area contributed by atoms with E-state index in [1.807, 2.05) is 18.9 Å². The molecule has 0 bridgehead atoms. The number of fused-ring (bicyclic) bond motifs is 1. The molecule has 2 aliphatic heterocycles. The fourth-order valence-corrected chi connectivity index (χ4v) is 4.45. The van der Waals surface area contributed by atoms with Crippen molar-refractivity contribution in [1.29, 1.82) is 0 Å². The van der Waals surface area contributed by atoms with Crippen molar-refractivity contribution in [3.63, 3.8) is 0 Å². The number of nitrogens with one attached hydrogen (secondary N) is 2. The van der Waals surface area contributed by atoms with E-state index in [9.17, 15) is 9.59 Å². The lowest BCUT2D eigenvalue weighted by Gasteiger charge is -2.29. The van der Waals surface area contributed by atoms with Crippen LogP contribution in [0, 0.1) is 5.92 Å². The number of hydrogen-bond donors (Lipinski definition) is 2. The number of piperidine rings is 1. The van der Waals surface area contributed by atoms with Gasteiger partial charge in [0.1, 0.15) is 11.4 Å². The van der Waals surface area contributed by atoms with Crippen molar-refractivity contribution in [2.75, 3.05) is 63.0 Å². The second-order valence-electron chi connectivity index (χ2n) is 9.17. The minimum atomic E-state index is -0.145. The lowest BCUT2D eigenvalue weighted by Crippen LogP contribution is -2.43. The number of carbonyl (C=O) groups excluding carboxylic acids is 2. The van der Waals surface area contributed by atoms with Crippen LogP contribution in [0.3, 0.4) is 0 Å². The summed E-state index contributed by atoms with van der Waals surface area (Å²) < 4.78 is 5.54. The number of aromatic nitrogens is 2. The van der Waals surface area contributed by atoms with Crippen molar-refractivity contribution in [3.05, 3.63) is 30.0 Å². The van der Waals surface area contributed by atoms with Crippen LogP contribution in [-0.4, -0.2) is 80.6 Å². The van der Waals surface area contributed by atoms with E-state index in [-0.39, 0.29) is 23.8 Å². The van der Waals surface area contributed by atoms with Gasteiger partial charge in [-0.15, -0.1) is 0 Å². The van der Waals surface area contributed by atoms with Gasteiger partial charge in [0.2, 0.25) is 11.9 Å². The molecule has 2 N–H and O–H groups in total. The maximum atomic E-state index is 12.8. The van der Waals surface area contributed by atoms with E-state index in [2.05, 4.69) is 32.5 Å². The summed E-state index contributed by atoms with van der Waals surface area (Å²) in [5, 5.41) is 6.32. The normalized spacial score (nSPS) is 19.4. The summed E-state index contributed by atoms with van der Waals surface area (Å²) in [6.45, 7) is 4.44. The van der Waals surface area contributed by atoms with Crippen LogP contribution in [0.2, 0.25) is 0 Å². The first-order valence-corrected chi connectivity index (χ1v) is 11.6. The van der Waals surface area contributed by atoms with Gasteiger partial charge in [0.05, 0.1) is 24.9 Å². The predicted octanol–water partition coefficient (Wildman–Crippen LogP) is 2.10. The zero-order valence-corrected chi connectivity index (χ0v) is 20.5. The van der Waals surface area contributed by atoms with Crippen molar-refractivity contribution in [1.82, 2.24) is 20.2 Å². The van der Waals surface area contributed by atoms with Crippen LogP contribution in [0.15, 0.2) is 24.4 Å². The van der Waals surface area contributed by atoms with Crippen molar-refractivity contribution in [2.24, 2.45) is 5.92 Å². The molecular weight excluding hydrogens is 434 g/mol. The number of methoxy groups -OCH3 is 1. The largest absolute Gasteiger partial charge is 0.495 e. The van der Waals surface area contributed by atoms with Gasteiger partial charge >= 0.3 is 0 Å². The number of ether oxygens (including phenoxy) is 1. The Morgan fingerprint density at radius 2 is 1.91 bits per heavy atom. The van der Waals surface area contributed by atoms with Gasteiger partial charge in [0.25, 0.3) is 5.91 Å². The molecule has 2 aliphatic rings. The summed E-state index contributed by atoms with van der Waals surface area (Å²) in [5.41, 5.74) is 1.85. The van der Waals surface area contributed by atoms with Crippen LogP contribution >= 0.6 is 0 Å². The molecule has 0 aliphatic carbocycles. The molecule has 1 aromatic carbocycles. The fraction of sp³-hybridized carbons (Fsp3) is 0.500. The van der Waals surface area contributed by atoms with Crippen LogP contribution in [-0.2, 0) is 4.79 Å². The third-order valence-electron chi connectivity index (χ3n) is 6.54. The van der Waals surface area contributed by atoms with Gasteiger partial charge in [-0.2, -0.15) is 4.98 Å². The van der Waals surface area contributed by atoms with Gasteiger partial charge in [0.15, 0.2) is 5.82 Å². The average Bonchev–Trinajstić information content (AvgIpc) is 2.91. The second-order valence-corrected chi connectivity index (χ2v) is 9.17. The Bertz CT molecular complexity index is 1070. The van der Waals surface area contributed by atoms with E-state index in [1.54, 1.807) is 43.5 Å². The monoisotopic (exact) mass is 467 g/mol. The minimum Gasteiger partial charge on any atom is -0.495 e. The van der Waals surface area contributed by atoms with Gasteiger partial charge in [-0.1, -0.05) is 6.92 Å². The highest BCUT2D eigenvalue weighted by Crippen LogP contribution is 2.33. The summed E-state index contributed by atoms with van der Waals surface area (Å²) >= 11 is 0. The molecule has 1 aromatic heterocycles. The SMILES string of the molecule is COc1cc(C(=O)NC2CCN(C)CC2)ccc1Nc1ncc2c(n1)N(C)CC(C)C(=O)N2C. The topological polar surface area (TPSA) is 103 Å². The van der Waals surface area contributed by atoms with E-state index < -0.39 is 0 Å². The van der Waals surface area contributed by atoms with Gasteiger partial charge in [-0.05, 0) is 51.2 Å². The maximum Gasteiger partial charge on any atom is 0.251 e. The highest BCUT2D eigenvalue weighted by molar-refractivity contribution is 5.98. The number of hydrogen-bond acceptors (Lipinski definition) is 8. The molecule has 0 spiro atoms. The van der Waals surface area contributed by atoms with E-state index in [4.69, 9.17) is 4.74 Å². The number of anilines is 4. The number of benzene rings is 1. The van der Waals surface area contributed by atoms with Crippen LogP contribution in [0.5, 0.6) is 5.75 Å². The molecule has 1 fully saturated rings. The number of rotatable bonds is 5. The third kappa shape index (κ3) is 4.91. The first-order valence-electron chi connectivity index (χ1n) is 11.6. The zero-order valence-electron chi connectivity index (χ0n) is 20.5. The Labute approximate surface area is 200 Å². The van der Waals surface area contributed by atoms with E-state index in [0.29, 0.717) is 41.0 Å². The van der Waals surface area contributed by atoms with Gasteiger partial charge in [0, 0.05) is 32.2 Å².